The standard InChI is InChI=1S/C19H26N2O3/c22-18(9-8-15-6-2-1-3-7-15)21-13-10-16(14-17(21)19(23)24)20-11-4-5-12-20/h1-3,6-7,16-17H,4-5,8-14H2,(H,23,24)/t16-,17-/m1/s1. The number of aliphatic carboxylic acids is 1. The van der Waals surface area contributed by atoms with Crippen LogP contribution in [0.15, 0.2) is 30.3 Å². The Morgan fingerprint density at radius 1 is 1.08 bits per heavy atom. The molecule has 5 heteroatoms. The van der Waals surface area contributed by atoms with Crippen molar-refractivity contribution in [3.8, 4) is 0 Å². The Kier molecular flexibility index (Phi) is 5.51. The first kappa shape index (κ1) is 17.0. The number of hydrogen-bond acceptors (Lipinski definition) is 3. The molecule has 0 saturated carbocycles. The van der Waals surface area contributed by atoms with Crippen LogP contribution in [0.2, 0.25) is 0 Å². The summed E-state index contributed by atoms with van der Waals surface area (Å²) in [7, 11) is 0. The van der Waals surface area contributed by atoms with Gasteiger partial charge in [0.25, 0.3) is 0 Å². The molecule has 2 aliphatic heterocycles. The maximum absolute atomic E-state index is 12.6. The summed E-state index contributed by atoms with van der Waals surface area (Å²) in [5.74, 6) is -0.905. The quantitative estimate of drug-likeness (QED) is 0.899. The van der Waals surface area contributed by atoms with E-state index in [1.165, 1.54) is 12.8 Å². The third kappa shape index (κ3) is 3.96. The van der Waals surface area contributed by atoms with Crippen LogP contribution in [0.3, 0.4) is 0 Å². The van der Waals surface area contributed by atoms with Gasteiger partial charge >= 0.3 is 5.97 Å². The molecule has 0 spiro atoms. The predicted molar refractivity (Wildman–Crippen MR) is 91.7 cm³/mol. The van der Waals surface area contributed by atoms with Crippen molar-refractivity contribution in [3.05, 3.63) is 35.9 Å². The van der Waals surface area contributed by atoms with Gasteiger partial charge in [-0.3, -0.25) is 4.79 Å². The summed E-state index contributed by atoms with van der Waals surface area (Å²) in [6.45, 7) is 2.70. The SMILES string of the molecule is O=C(O)[C@H]1C[C@H](N2CCCC2)CCN1C(=O)CCc1ccccc1. The third-order valence-corrected chi connectivity index (χ3v) is 5.31. The van der Waals surface area contributed by atoms with Crippen LogP contribution in [0.4, 0.5) is 0 Å². The van der Waals surface area contributed by atoms with Gasteiger partial charge < -0.3 is 14.9 Å². The summed E-state index contributed by atoms with van der Waals surface area (Å²) in [5.41, 5.74) is 1.12. The molecule has 0 bridgehead atoms. The number of likely N-dealkylation sites (tertiary alicyclic amines) is 2. The second-order valence-corrected chi connectivity index (χ2v) is 6.85. The summed E-state index contributed by atoms with van der Waals surface area (Å²) in [6.07, 6.45) is 4.90. The first-order valence-corrected chi connectivity index (χ1v) is 8.95. The van der Waals surface area contributed by atoms with Crippen molar-refractivity contribution >= 4 is 11.9 Å². The van der Waals surface area contributed by atoms with Crippen molar-refractivity contribution in [2.45, 2.75) is 50.6 Å². The van der Waals surface area contributed by atoms with Crippen molar-refractivity contribution < 1.29 is 14.7 Å². The lowest BCUT2D eigenvalue weighted by molar-refractivity contribution is -0.153. The summed E-state index contributed by atoms with van der Waals surface area (Å²) in [5, 5.41) is 9.59. The van der Waals surface area contributed by atoms with Crippen LogP contribution in [0.1, 0.15) is 37.7 Å². The molecule has 1 amide bonds. The van der Waals surface area contributed by atoms with Crippen LogP contribution in [-0.4, -0.2) is 58.5 Å². The minimum Gasteiger partial charge on any atom is -0.480 e. The number of aryl methyl sites for hydroxylation is 1. The maximum atomic E-state index is 12.6. The van der Waals surface area contributed by atoms with Gasteiger partial charge in [-0.1, -0.05) is 30.3 Å². The number of hydrogen-bond donors (Lipinski definition) is 1. The monoisotopic (exact) mass is 330 g/mol. The van der Waals surface area contributed by atoms with E-state index in [1.54, 1.807) is 4.90 Å². The van der Waals surface area contributed by atoms with Crippen molar-refractivity contribution in [1.82, 2.24) is 9.80 Å². The molecule has 130 valence electrons. The molecule has 0 aliphatic carbocycles. The molecule has 24 heavy (non-hydrogen) atoms. The van der Waals surface area contributed by atoms with Crippen LogP contribution in [0, 0.1) is 0 Å². The molecule has 2 atom stereocenters. The molecular formula is C19H26N2O3. The van der Waals surface area contributed by atoms with E-state index in [2.05, 4.69) is 4.90 Å². The molecular weight excluding hydrogens is 304 g/mol. The van der Waals surface area contributed by atoms with Gasteiger partial charge in [0, 0.05) is 19.0 Å². The van der Waals surface area contributed by atoms with Gasteiger partial charge in [-0.05, 0) is 50.8 Å². The van der Waals surface area contributed by atoms with E-state index < -0.39 is 12.0 Å². The van der Waals surface area contributed by atoms with Gasteiger partial charge in [0.15, 0.2) is 0 Å². The van der Waals surface area contributed by atoms with Gasteiger partial charge in [0.1, 0.15) is 6.04 Å². The van der Waals surface area contributed by atoms with E-state index in [4.69, 9.17) is 0 Å². The van der Waals surface area contributed by atoms with Gasteiger partial charge in [-0.25, -0.2) is 4.79 Å². The Hall–Kier alpha value is -1.88. The van der Waals surface area contributed by atoms with E-state index in [9.17, 15) is 14.7 Å². The minimum atomic E-state index is -0.869. The molecule has 0 radical (unpaired) electrons. The average Bonchev–Trinajstić information content (AvgIpc) is 3.14. The van der Waals surface area contributed by atoms with Crippen molar-refractivity contribution in [3.63, 3.8) is 0 Å². The molecule has 2 aliphatic rings. The van der Waals surface area contributed by atoms with Crippen molar-refractivity contribution in [2.24, 2.45) is 0 Å². The van der Waals surface area contributed by atoms with Gasteiger partial charge in [0.2, 0.25) is 5.91 Å². The Morgan fingerprint density at radius 2 is 1.79 bits per heavy atom. The first-order chi connectivity index (χ1) is 11.6. The topological polar surface area (TPSA) is 60.9 Å². The van der Waals surface area contributed by atoms with Gasteiger partial charge in [-0.2, -0.15) is 0 Å². The Balaban J connectivity index is 1.59. The number of nitrogens with zero attached hydrogens (tertiary/aromatic N) is 2. The number of carbonyl (C=O) groups is 2. The van der Waals surface area contributed by atoms with Crippen LogP contribution in [-0.2, 0) is 16.0 Å². The van der Waals surface area contributed by atoms with Crippen LogP contribution < -0.4 is 0 Å². The van der Waals surface area contributed by atoms with Gasteiger partial charge in [-0.15, -0.1) is 0 Å². The highest BCUT2D eigenvalue weighted by Crippen LogP contribution is 2.26. The normalized spacial score (nSPS) is 24.9. The fraction of sp³-hybridized carbons (Fsp3) is 0.579. The third-order valence-electron chi connectivity index (χ3n) is 5.31. The summed E-state index contributed by atoms with van der Waals surface area (Å²) in [4.78, 5) is 28.3. The molecule has 2 saturated heterocycles. The summed E-state index contributed by atoms with van der Waals surface area (Å²) < 4.78 is 0. The molecule has 2 fully saturated rings. The largest absolute Gasteiger partial charge is 0.480 e. The molecule has 5 nitrogen and oxygen atoms in total. The number of piperidine rings is 1. The number of benzene rings is 1. The van der Waals surface area contributed by atoms with Crippen LogP contribution >= 0.6 is 0 Å². The lowest BCUT2D eigenvalue weighted by Gasteiger charge is -2.40. The highest BCUT2D eigenvalue weighted by molar-refractivity contribution is 5.84. The highest BCUT2D eigenvalue weighted by Gasteiger charge is 2.38. The summed E-state index contributed by atoms with van der Waals surface area (Å²) in [6, 6.07) is 9.51. The molecule has 0 aromatic heterocycles. The Labute approximate surface area is 143 Å². The zero-order valence-electron chi connectivity index (χ0n) is 14.1. The zero-order chi connectivity index (χ0) is 16.9. The number of amides is 1. The molecule has 0 unspecified atom stereocenters. The van der Waals surface area contributed by atoms with Crippen molar-refractivity contribution in [1.29, 1.82) is 0 Å². The van der Waals surface area contributed by atoms with Crippen molar-refractivity contribution in [2.75, 3.05) is 19.6 Å². The average molecular weight is 330 g/mol. The molecule has 3 rings (SSSR count). The van der Waals surface area contributed by atoms with E-state index in [-0.39, 0.29) is 5.91 Å². The van der Waals surface area contributed by atoms with Crippen LogP contribution in [0.25, 0.3) is 0 Å². The molecule has 2 heterocycles. The highest BCUT2D eigenvalue weighted by atomic mass is 16.4. The summed E-state index contributed by atoms with van der Waals surface area (Å²) >= 11 is 0. The maximum Gasteiger partial charge on any atom is 0.326 e. The van der Waals surface area contributed by atoms with Crippen LogP contribution in [0.5, 0.6) is 0 Å². The number of carboxylic acid groups (broad SMARTS) is 1. The Morgan fingerprint density at radius 3 is 2.46 bits per heavy atom. The van der Waals surface area contributed by atoms with E-state index in [0.717, 1.165) is 25.1 Å². The Bertz CT molecular complexity index is 569. The zero-order valence-corrected chi connectivity index (χ0v) is 14.1. The second-order valence-electron chi connectivity index (χ2n) is 6.85. The number of rotatable bonds is 5. The molecule has 1 aromatic rings. The lowest BCUT2D eigenvalue weighted by Crippen LogP contribution is -2.54. The lowest BCUT2D eigenvalue weighted by atomic mass is 9.95. The van der Waals surface area contributed by atoms with Gasteiger partial charge in [0.05, 0.1) is 0 Å². The number of carboxylic acids is 1. The minimum absolute atomic E-state index is 0.0360. The van der Waals surface area contributed by atoms with E-state index >= 15 is 0 Å². The van der Waals surface area contributed by atoms with E-state index in [0.29, 0.717) is 31.8 Å². The smallest absolute Gasteiger partial charge is 0.326 e. The first-order valence-electron chi connectivity index (χ1n) is 8.95. The molecule has 1 aromatic carbocycles. The fourth-order valence-corrected chi connectivity index (χ4v) is 3.96. The molecule has 1 N–H and O–H groups in total. The fourth-order valence-electron chi connectivity index (χ4n) is 3.96. The number of carbonyl (C=O) groups excluding carboxylic acids is 1. The van der Waals surface area contributed by atoms with E-state index in [1.807, 2.05) is 30.3 Å². The predicted octanol–water partition coefficient (Wildman–Crippen LogP) is 2.16. The second kappa shape index (κ2) is 7.79.